The molecular formula is C25H28N4O6. The summed E-state index contributed by atoms with van der Waals surface area (Å²) >= 11 is 0. The molecule has 2 aliphatic heterocycles. The molecule has 0 radical (unpaired) electrons. The summed E-state index contributed by atoms with van der Waals surface area (Å²) in [6.45, 7) is 5.68. The molecule has 0 saturated carbocycles. The minimum Gasteiger partial charge on any atom is -0.486 e. The lowest BCUT2D eigenvalue weighted by molar-refractivity contribution is -0.140. The number of nitrogens with zero attached hydrogens (tertiary/aromatic N) is 2. The molecule has 10 heteroatoms. The number of carbonyl (C=O) groups is 4. The van der Waals surface area contributed by atoms with Gasteiger partial charge in [0, 0.05) is 18.3 Å². The molecule has 5 amide bonds. The number of ether oxygens (including phenoxy) is 2. The van der Waals surface area contributed by atoms with Gasteiger partial charge < -0.3 is 25.0 Å². The van der Waals surface area contributed by atoms with E-state index >= 15 is 0 Å². The zero-order valence-corrected chi connectivity index (χ0v) is 19.9. The number of hydrogen-bond acceptors (Lipinski definition) is 6. The number of likely N-dealkylation sites (N-methyl/N-ethyl adjacent to an activating group) is 1. The number of fused-ring (bicyclic) bond motifs is 1. The van der Waals surface area contributed by atoms with Crippen LogP contribution in [0.25, 0.3) is 0 Å². The Bertz CT molecular complexity index is 1170. The van der Waals surface area contributed by atoms with E-state index in [9.17, 15) is 19.2 Å². The lowest BCUT2D eigenvalue weighted by Crippen LogP contribution is -2.46. The topological polar surface area (TPSA) is 117 Å². The molecular weight excluding hydrogens is 452 g/mol. The summed E-state index contributed by atoms with van der Waals surface area (Å²) in [5, 5.41) is 5.43. The maximum atomic E-state index is 13.1. The van der Waals surface area contributed by atoms with Gasteiger partial charge in [-0.15, -0.1) is 0 Å². The van der Waals surface area contributed by atoms with Crippen molar-refractivity contribution in [2.75, 3.05) is 38.2 Å². The van der Waals surface area contributed by atoms with E-state index in [1.54, 1.807) is 44.2 Å². The van der Waals surface area contributed by atoms with E-state index in [4.69, 9.17) is 9.47 Å². The predicted octanol–water partition coefficient (Wildman–Crippen LogP) is 2.02. The van der Waals surface area contributed by atoms with Crippen molar-refractivity contribution in [3.63, 3.8) is 0 Å². The number of urea groups is 1. The second-order valence-electron chi connectivity index (χ2n) is 8.63. The maximum absolute atomic E-state index is 13.1. The highest BCUT2D eigenvalue weighted by molar-refractivity contribution is 6.09. The number of nitrogens with one attached hydrogen (secondary N) is 2. The van der Waals surface area contributed by atoms with E-state index in [-0.39, 0.29) is 13.1 Å². The van der Waals surface area contributed by atoms with Crippen molar-refractivity contribution >= 4 is 29.4 Å². The van der Waals surface area contributed by atoms with Crippen molar-refractivity contribution < 1.29 is 28.7 Å². The Hall–Kier alpha value is -4.08. The molecule has 1 fully saturated rings. The number of anilines is 1. The summed E-state index contributed by atoms with van der Waals surface area (Å²) in [7, 11) is 0. The third-order valence-electron chi connectivity index (χ3n) is 6.09. The van der Waals surface area contributed by atoms with Gasteiger partial charge in [0.2, 0.25) is 11.8 Å². The van der Waals surface area contributed by atoms with Crippen molar-refractivity contribution in [3.05, 3.63) is 53.6 Å². The van der Waals surface area contributed by atoms with Crippen LogP contribution in [0.5, 0.6) is 11.5 Å². The minimum atomic E-state index is -1.27. The zero-order chi connectivity index (χ0) is 25.2. The molecule has 2 aromatic carbocycles. The quantitative estimate of drug-likeness (QED) is 0.586. The van der Waals surface area contributed by atoms with Crippen molar-refractivity contribution in [1.82, 2.24) is 15.1 Å². The van der Waals surface area contributed by atoms with Crippen molar-refractivity contribution in [3.8, 4) is 11.5 Å². The van der Waals surface area contributed by atoms with Gasteiger partial charge in [-0.05, 0) is 38.5 Å². The summed E-state index contributed by atoms with van der Waals surface area (Å²) in [6.07, 6.45) is 0. The van der Waals surface area contributed by atoms with Crippen molar-refractivity contribution in [2.45, 2.75) is 26.3 Å². The first-order chi connectivity index (χ1) is 16.7. The van der Waals surface area contributed by atoms with E-state index in [1.165, 1.54) is 4.90 Å². The van der Waals surface area contributed by atoms with E-state index in [0.717, 1.165) is 10.5 Å². The van der Waals surface area contributed by atoms with E-state index < -0.39 is 35.8 Å². The average molecular weight is 481 g/mol. The molecule has 2 N–H and O–H groups in total. The molecule has 2 aliphatic rings. The molecule has 4 rings (SSSR count). The fourth-order valence-corrected chi connectivity index (χ4v) is 4.03. The fraction of sp³-hybridized carbons (Fsp3) is 0.360. The van der Waals surface area contributed by atoms with Crippen molar-refractivity contribution in [2.24, 2.45) is 0 Å². The van der Waals surface area contributed by atoms with Crippen molar-refractivity contribution in [1.29, 1.82) is 0 Å². The minimum absolute atomic E-state index is 0.228. The number of carbonyl (C=O) groups excluding carboxylic acids is 4. The van der Waals surface area contributed by atoms with Gasteiger partial charge in [-0.25, -0.2) is 4.79 Å². The number of aryl methyl sites for hydroxylation is 1. The number of amides is 5. The van der Waals surface area contributed by atoms with Crippen LogP contribution in [0, 0.1) is 6.92 Å². The van der Waals surface area contributed by atoms with E-state index in [2.05, 4.69) is 10.6 Å². The van der Waals surface area contributed by atoms with E-state index in [1.807, 2.05) is 19.1 Å². The Kier molecular flexibility index (Phi) is 6.63. The van der Waals surface area contributed by atoms with Crippen LogP contribution >= 0.6 is 0 Å². The van der Waals surface area contributed by atoms with Gasteiger partial charge in [0.05, 0.1) is 6.54 Å². The first-order valence-corrected chi connectivity index (χ1v) is 11.4. The molecule has 0 aromatic heterocycles. The Morgan fingerprint density at radius 2 is 1.77 bits per heavy atom. The molecule has 0 aliphatic carbocycles. The third-order valence-corrected chi connectivity index (χ3v) is 6.09. The fourth-order valence-electron chi connectivity index (χ4n) is 4.03. The molecule has 0 spiro atoms. The second-order valence-corrected chi connectivity index (χ2v) is 8.63. The first-order valence-electron chi connectivity index (χ1n) is 11.4. The molecule has 10 nitrogen and oxygen atoms in total. The molecule has 1 saturated heterocycles. The standard InChI is InChI=1S/C25H28N4O6/c1-4-28(14-21(30)26-18-9-10-19-20(13-18)35-12-11-34-19)22(31)15-29-23(32)25(3,27-24(29)33)17-7-5-16(2)6-8-17/h5-10,13H,4,11-12,14-15H2,1-3H3,(H,26,30)(H,27,33)/t25-/m1/s1. The smallest absolute Gasteiger partial charge is 0.325 e. The van der Waals surface area contributed by atoms with Gasteiger partial charge >= 0.3 is 6.03 Å². The van der Waals surface area contributed by atoms with Gasteiger partial charge in [0.1, 0.15) is 25.3 Å². The average Bonchev–Trinajstić information content (AvgIpc) is 3.06. The first kappa shape index (κ1) is 24.1. The monoisotopic (exact) mass is 480 g/mol. The summed E-state index contributed by atoms with van der Waals surface area (Å²) in [5.74, 6) is -0.310. The molecule has 2 heterocycles. The zero-order valence-electron chi connectivity index (χ0n) is 19.9. The molecule has 0 bridgehead atoms. The summed E-state index contributed by atoms with van der Waals surface area (Å²) in [4.78, 5) is 53.4. The van der Waals surface area contributed by atoms with Crippen LogP contribution in [0.1, 0.15) is 25.0 Å². The summed E-state index contributed by atoms with van der Waals surface area (Å²) in [5.41, 5.74) is 0.889. The largest absolute Gasteiger partial charge is 0.486 e. The van der Waals surface area contributed by atoms with E-state index in [0.29, 0.717) is 36.0 Å². The summed E-state index contributed by atoms with van der Waals surface area (Å²) in [6, 6.07) is 11.7. The highest BCUT2D eigenvalue weighted by Crippen LogP contribution is 2.32. The van der Waals surface area contributed by atoms with Crippen LogP contribution in [-0.2, 0) is 19.9 Å². The number of hydrogen-bond donors (Lipinski definition) is 2. The Morgan fingerprint density at radius 3 is 2.46 bits per heavy atom. The Labute approximate surface area is 203 Å². The van der Waals surface area contributed by atoms with Crippen LogP contribution in [0.4, 0.5) is 10.5 Å². The number of imide groups is 1. The van der Waals surface area contributed by atoms with Gasteiger partial charge in [-0.1, -0.05) is 29.8 Å². The van der Waals surface area contributed by atoms with Crippen LogP contribution in [0.15, 0.2) is 42.5 Å². The SMILES string of the molecule is CCN(CC(=O)Nc1ccc2c(c1)OCCO2)C(=O)CN1C(=O)N[C@](C)(c2ccc(C)cc2)C1=O. The molecule has 0 unspecified atom stereocenters. The highest BCUT2D eigenvalue weighted by atomic mass is 16.6. The van der Waals surface area contributed by atoms with Gasteiger partial charge in [0.15, 0.2) is 11.5 Å². The van der Waals surface area contributed by atoms with Crippen LogP contribution in [-0.4, -0.2) is 66.4 Å². The highest BCUT2D eigenvalue weighted by Gasteiger charge is 2.49. The molecule has 2 aromatic rings. The Morgan fingerprint density at radius 1 is 1.09 bits per heavy atom. The third kappa shape index (κ3) is 4.91. The predicted molar refractivity (Wildman–Crippen MR) is 127 cm³/mol. The lowest BCUT2D eigenvalue weighted by Gasteiger charge is -2.24. The maximum Gasteiger partial charge on any atom is 0.325 e. The molecule has 184 valence electrons. The number of rotatable bonds is 7. The normalized spacial score (nSPS) is 18.8. The van der Waals surface area contributed by atoms with Gasteiger partial charge in [-0.2, -0.15) is 0 Å². The summed E-state index contributed by atoms with van der Waals surface area (Å²) < 4.78 is 11.0. The van der Waals surface area contributed by atoms with Gasteiger partial charge in [0.25, 0.3) is 5.91 Å². The van der Waals surface area contributed by atoms with Crippen LogP contribution in [0.3, 0.4) is 0 Å². The number of benzene rings is 2. The van der Waals surface area contributed by atoms with Crippen LogP contribution in [0.2, 0.25) is 0 Å². The molecule has 1 atom stereocenters. The molecule has 35 heavy (non-hydrogen) atoms. The second kappa shape index (κ2) is 9.65. The Balaban J connectivity index is 1.39. The lowest BCUT2D eigenvalue weighted by atomic mass is 9.91. The van der Waals surface area contributed by atoms with Gasteiger partial charge in [-0.3, -0.25) is 19.3 Å². The van der Waals surface area contributed by atoms with Crippen LogP contribution < -0.4 is 20.1 Å².